The van der Waals surface area contributed by atoms with Crippen LogP contribution in [-0.4, -0.2) is 54.2 Å². The van der Waals surface area contributed by atoms with E-state index in [1.54, 1.807) is 6.26 Å². The van der Waals surface area contributed by atoms with Crippen LogP contribution in [0.2, 0.25) is 0 Å². The summed E-state index contributed by atoms with van der Waals surface area (Å²) in [5.41, 5.74) is 1.30. The normalized spacial score (nSPS) is 23.4. The number of rotatable bonds is 4. The van der Waals surface area contributed by atoms with Crippen LogP contribution in [0.25, 0.3) is 0 Å². The van der Waals surface area contributed by atoms with Crippen molar-refractivity contribution in [2.75, 3.05) is 26.2 Å². The van der Waals surface area contributed by atoms with E-state index in [4.69, 9.17) is 9.15 Å². The summed E-state index contributed by atoms with van der Waals surface area (Å²) in [6.45, 7) is 4.26. The first-order chi connectivity index (χ1) is 12.3. The van der Waals surface area contributed by atoms with Crippen LogP contribution in [-0.2, 0) is 17.8 Å². The van der Waals surface area contributed by atoms with Gasteiger partial charge in [0.1, 0.15) is 5.76 Å². The second kappa shape index (κ2) is 7.29. The van der Waals surface area contributed by atoms with Gasteiger partial charge < -0.3 is 19.4 Å². The molecule has 1 aromatic carbocycles. The third kappa shape index (κ3) is 3.70. The summed E-state index contributed by atoms with van der Waals surface area (Å²) in [5.74, 6) is 0.756. The largest absolute Gasteiger partial charge is 0.467 e. The van der Waals surface area contributed by atoms with Crippen molar-refractivity contribution in [1.82, 2.24) is 15.1 Å². The van der Waals surface area contributed by atoms with Gasteiger partial charge in [0, 0.05) is 19.6 Å². The Hall–Kier alpha value is -2.31. The second-order valence-electron chi connectivity index (χ2n) is 6.58. The number of hydrogen-bond acceptors (Lipinski definition) is 4. The van der Waals surface area contributed by atoms with Crippen LogP contribution in [0.3, 0.4) is 0 Å². The molecule has 0 radical (unpaired) electrons. The fourth-order valence-corrected chi connectivity index (χ4v) is 3.63. The maximum absolute atomic E-state index is 12.4. The molecule has 2 aliphatic heterocycles. The van der Waals surface area contributed by atoms with Gasteiger partial charge in [-0.2, -0.15) is 0 Å². The maximum Gasteiger partial charge on any atom is 0.317 e. The molecule has 3 heterocycles. The predicted octanol–water partition coefficient (Wildman–Crippen LogP) is 2.07. The van der Waals surface area contributed by atoms with Crippen LogP contribution in [0, 0.1) is 0 Å². The van der Waals surface area contributed by atoms with Crippen molar-refractivity contribution in [2.45, 2.75) is 25.2 Å². The minimum Gasteiger partial charge on any atom is -0.467 e. The van der Waals surface area contributed by atoms with E-state index in [2.05, 4.69) is 34.5 Å². The SMILES string of the molecule is O=C(NCc1ccco1)N1C[C@@H]2[C@@H](C1)OCCN2Cc1ccccc1. The van der Waals surface area contributed by atoms with Crippen molar-refractivity contribution in [2.24, 2.45) is 0 Å². The molecule has 2 saturated heterocycles. The van der Waals surface area contributed by atoms with Crippen molar-refractivity contribution >= 4 is 6.03 Å². The molecule has 6 nitrogen and oxygen atoms in total. The Morgan fingerprint density at radius 1 is 1.16 bits per heavy atom. The Labute approximate surface area is 147 Å². The molecule has 1 N–H and O–H groups in total. The average Bonchev–Trinajstić information content (AvgIpc) is 3.30. The summed E-state index contributed by atoms with van der Waals surface area (Å²) >= 11 is 0. The molecule has 0 aliphatic carbocycles. The number of carbonyl (C=O) groups excluding carboxylic acids is 1. The van der Waals surface area contributed by atoms with Crippen molar-refractivity contribution < 1.29 is 13.9 Å². The zero-order chi connectivity index (χ0) is 17.1. The summed E-state index contributed by atoms with van der Waals surface area (Å²) in [4.78, 5) is 16.7. The van der Waals surface area contributed by atoms with E-state index in [1.165, 1.54) is 5.56 Å². The van der Waals surface area contributed by atoms with Crippen molar-refractivity contribution in [1.29, 1.82) is 0 Å². The number of urea groups is 1. The van der Waals surface area contributed by atoms with Gasteiger partial charge in [-0.15, -0.1) is 0 Å². The number of amides is 2. The van der Waals surface area contributed by atoms with Gasteiger partial charge in [-0.05, 0) is 17.7 Å². The molecule has 2 fully saturated rings. The van der Waals surface area contributed by atoms with E-state index in [0.29, 0.717) is 19.6 Å². The zero-order valence-corrected chi connectivity index (χ0v) is 14.1. The molecular weight excluding hydrogens is 318 g/mol. The molecule has 25 heavy (non-hydrogen) atoms. The molecule has 0 bridgehead atoms. The average molecular weight is 341 g/mol. The third-order valence-electron chi connectivity index (χ3n) is 4.93. The first-order valence-corrected chi connectivity index (χ1v) is 8.74. The summed E-state index contributed by atoms with van der Waals surface area (Å²) in [6, 6.07) is 14.3. The number of fused-ring (bicyclic) bond motifs is 1. The molecule has 6 heteroatoms. The monoisotopic (exact) mass is 341 g/mol. The fourth-order valence-electron chi connectivity index (χ4n) is 3.63. The number of ether oxygens (including phenoxy) is 1. The number of benzene rings is 1. The van der Waals surface area contributed by atoms with Gasteiger partial charge in [-0.3, -0.25) is 4.90 Å². The van der Waals surface area contributed by atoms with E-state index in [-0.39, 0.29) is 18.2 Å². The first-order valence-electron chi connectivity index (χ1n) is 8.74. The van der Waals surface area contributed by atoms with Gasteiger partial charge in [-0.1, -0.05) is 30.3 Å². The molecule has 1 aromatic heterocycles. The molecule has 2 aliphatic rings. The molecule has 0 saturated carbocycles. The summed E-state index contributed by atoms with van der Waals surface area (Å²) in [6.07, 6.45) is 1.70. The van der Waals surface area contributed by atoms with Crippen LogP contribution >= 0.6 is 0 Å². The topological polar surface area (TPSA) is 58.0 Å². The molecule has 0 unspecified atom stereocenters. The van der Waals surface area contributed by atoms with Crippen LogP contribution in [0.4, 0.5) is 4.79 Å². The lowest BCUT2D eigenvalue weighted by Crippen LogP contribution is -2.50. The number of furan rings is 1. The lowest BCUT2D eigenvalue weighted by Gasteiger charge is -2.36. The highest BCUT2D eigenvalue weighted by Gasteiger charge is 2.41. The molecule has 132 valence electrons. The highest BCUT2D eigenvalue weighted by molar-refractivity contribution is 5.74. The molecule has 2 aromatic rings. The van der Waals surface area contributed by atoms with Crippen LogP contribution in [0.1, 0.15) is 11.3 Å². The Bertz CT molecular complexity index is 689. The standard InChI is InChI=1S/C19H23N3O3/c23-19(20-11-16-7-4-9-24-16)22-13-17-18(14-22)25-10-8-21(17)12-15-5-2-1-3-6-15/h1-7,9,17-18H,8,10-14H2,(H,20,23)/t17-,18-/m1/s1. The first kappa shape index (κ1) is 16.2. The highest BCUT2D eigenvalue weighted by Crippen LogP contribution is 2.24. The number of hydrogen-bond donors (Lipinski definition) is 1. The lowest BCUT2D eigenvalue weighted by molar-refractivity contribution is -0.0503. The van der Waals surface area contributed by atoms with Crippen molar-refractivity contribution in [3.8, 4) is 0 Å². The summed E-state index contributed by atoms with van der Waals surface area (Å²) < 4.78 is 11.2. The zero-order valence-electron chi connectivity index (χ0n) is 14.1. The fraction of sp³-hybridized carbons (Fsp3) is 0.421. The number of likely N-dealkylation sites (tertiary alicyclic amines) is 1. The molecule has 2 amide bonds. The maximum atomic E-state index is 12.4. The Morgan fingerprint density at radius 3 is 2.84 bits per heavy atom. The molecular formula is C19H23N3O3. The predicted molar refractivity (Wildman–Crippen MR) is 92.9 cm³/mol. The molecule has 0 spiro atoms. The van der Waals surface area contributed by atoms with E-state index in [0.717, 1.165) is 25.5 Å². The van der Waals surface area contributed by atoms with Gasteiger partial charge >= 0.3 is 6.03 Å². The summed E-state index contributed by atoms with van der Waals surface area (Å²) in [5, 5.41) is 2.92. The number of nitrogens with zero attached hydrogens (tertiary/aromatic N) is 2. The van der Waals surface area contributed by atoms with Gasteiger partial charge in [0.2, 0.25) is 0 Å². The van der Waals surface area contributed by atoms with E-state index >= 15 is 0 Å². The van der Waals surface area contributed by atoms with Gasteiger partial charge in [0.25, 0.3) is 0 Å². The summed E-state index contributed by atoms with van der Waals surface area (Å²) in [7, 11) is 0. The van der Waals surface area contributed by atoms with Crippen molar-refractivity contribution in [3.63, 3.8) is 0 Å². The van der Waals surface area contributed by atoms with Crippen LogP contribution < -0.4 is 5.32 Å². The minimum absolute atomic E-state index is 0.0611. The van der Waals surface area contributed by atoms with Crippen molar-refractivity contribution in [3.05, 3.63) is 60.1 Å². The Morgan fingerprint density at radius 2 is 2.04 bits per heavy atom. The number of carbonyl (C=O) groups is 1. The van der Waals surface area contributed by atoms with E-state index in [1.807, 2.05) is 23.1 Å². The quantitative estimate of drug-likeness (QED) is 0.925. The second-order valence-corrected chi connectivity index (χ2v) is 6.58. The van der Waals surface area contributed by atoms with Gasteiger partial charge in [0.15, 0.2) is 0 Å². The Kier molecular flexibility index (Phi) is 4.72. The highest BCUT2D eigenvalue weighted by atomic mass is 16.5. The Balaban J connectivity index is 1.36. The molecule has 2 atom stereocenters. The van der Waals surface area contributed by atoms with Crippen LogP contribution in [0.5, 0.6) is 0 Å². The van der Waals surface area contributed by atoms with E-state index < -0.39 is 0 Å². The lowest BCUT2D eigenvalue weighted by atomic mass is 10.1. The van der Waals surface area contributed by atoms with Gasteiger partial charge in [-0.25, -0.2) is 4.79 Å². The van der Waals surface area contributed by atoms with Gasteiger partial charge in [0.05, 0.1) is 38.1 Å². The number of morpholine rings is 1. The van der Waals surface area contributed by atoms with Crippen LogP contribution in [0.15, 0.2) is 53.1 Å². The number of nitrogens with one attached hydrogen (secondary N) is 1. The molecule has 4 rings (SSSR count). The third-order valence-corrected chi connectivity index (χ3v) is 4.93. The van der Waals surface area contributed by atoms with E-state index in [9.17, 15) is 4.79 Å². The minimum atomic E-state index is -0.0611. The smallest absolute Gasteiger partial charge is 0.317 e.